The van der Waals surface area contributed by atoms with Gasteiger partial charge in [-0.25, -0.2) is 23.7 Å². The van der Waals surface area contributed by atoms with E-state index in [1.54, 1.807) is 29.0 Å². The summed E-state index contributed by atoms with van der Waals surface area (Å²) in [7, 11) is 1.50. The zero-order valence-corrected chi connectivity index (χ0v) is 28.7. The Morgan fingerprint density at radius 3 is 2.79 bits per heavy atom. The number of benzene rings is 2. The molecule has 1 saturated heterocycles. The average molecular weight is 676 g/mol. The molecule has 8 rings (SSSR count). The second kappa shape index (κ2) is 13.2. The van der Waals surface area contributed by atoms with Gasteiger partial charge in [0.15, 0.2) is 16.8 Å². The molecule has 4 aromatic rings. The lowest BCUT2D eigenvalue weighted by molar-refractivity contribution is -0.108. The molecule has 48 heavy (non-hydrogen) atoms. The number of halogens is 2. The van der Waals surface area contributed by atoms with E-state index in [0.29, 0.717) is 82.3 Å². The van der Waals surface area contributed by atoms with Crippen LogP contribution in [0, 0.1) is 29.0 Å². The number of methoxy groups -OCH3 is 1. The number of hydrogen-bond donors (Lipinski definition) is 2. The van der Waals surface area contributed by atoms with Crippen LogP contribution >= 0.6 is 11.3 Å². The Morgan fingerprint density at radius 1 is 1.23 bits per heavy atom. The summed E-state index contributed by atoms with van der Waals surface area (Å²) in [6.07, 6.45) is 4.29. The third kappa shape index (κ3) is 6.09. The van der Waals surface area contributed by atoms with Gasteiger partial charge in [0.25, 0.3) is 5.56 Å². The Balaban J connectivity index is 1.22. The van der Waals surface area contributed by atoms with E-state index in [1.807, 2.05) is 17.5 Å². The van der Waals surface area contributed by atoms with E-state index in [9.17, 15) is 13.6 Å². The minimum atomic E-state index is -0.446. The lowest BCUT2D eigenvalue weighted by Crippen LogP contribution is -2.58. The summed E-state index contributed by atoms with van der Waals surface area (Å²) in [4.78, 5) is 30.9. The summed E-state index contributed by atoms with van der Waals surface area (Å²) >= 11 is 1.39. The molecular formula is C36H43F2N7O2S. The second-order valence-electron chi connectivity index (χ2n) is 14.0. The largest absolute Gasteiger partial charge is 0.497 e. The van der Waals surface area contributed by atoms with Crippen molar-refractivity contribution < 1.29 is 13.5 Å². The zero-order valence-electron chi connectivity index (χ0n) is 27.9. The first-order chi connectivity index (χ1) is 23.2. The molecule has 5 atom stereocenters. The highest BCUT2D eigenvalue weighted by atomic mass is 32.1. The van der Waals surface area contributed by atoms with E-state index in [4.69, 9.17) is 14.7 Å². The molecule has 3 aliphatic carbocycles. The van der Waals surface area contributed by atoms with Gasteiger partial charge >= 0.3 is 0 Å². The van der Waals surface area contributed by atoms with E-state index in [2.05, 4.69) is 41.3 Å². The van der Waals surface area contributed by atoms with Gasteiger partial charge in [-0.3, -0.25) is 9.36 Å². The van der Waals surface area contributed by atoms with Crippen LogP contribution in [0.1, 0.15) is 39.2 Å². The highest BCUT2D eigenvalue weighted by molar-refractivity contribution is 7.13. The quantitative estimate of drug-likeness (QED) is 0.175. The van der Waals surface area contributed by atoms with Crippen LogP contribution in [0.4, 0.5) is 14.5 Å². The van der Waals surface area contributed by atoms with E-state index in [0.717, 1.165) is 18.1 Å². The predicted octanol–water partition coefficient (Wildman–Crippen LogP) is 5.99. The number of thiazole rings is 1. The summed E-state index contributed by atoms with van der Waals surface area (Å²) in [5.41, 5.74) is 1.89. The maximum atomic E-state index is 14.8. The number of aryl methyl sites for hydroxylation is 1. The van der Waals surface area contributed by atoms with Gasteiger partial charge in [-0.2, -0.15) is 0 Å². The molecule has 2 aromatic heterocycles. The lowest BCUT2D eigenvalue weighted by Gasteiger charge is -2.61. The fourth-order valence-electron chi connectivity index (χ4n) is 7.99. The molecule has 2 N–H and O–H groups in total. The number of fused-ring (bicyclic) bond motifs is 3. The monoisotopic (exact) mass is 675 g/mol. The maximum absolute atomic E-state index is 14.8. The molecule has 4 aliphatic rings. The topological polar surface area (TPSA) is 96.7 Å². The van der Waals surface area contributed by atoms with E-state index < -0.39 is 6.67 Å². The Morgan fingerprint density at radius 2 is 2.08 bits per heavy atom. The molecule has 2 bridgehead atoms. The van der Waals surface area contributed by atoms with Crippen molar-refractivity contribution in [3.05, 3.63) is 69.7 Å². The van der Waals surface area contributed by atoms with E-state index in [1.165, 1.54) is 30.9 Å². The number of aromatic nitrogens is 3. The first kappa shape index (κ1) is 32.6. The van der Waals surface area contributed by atoms with Crippen LogP contribution < -0.4 is 20.9 Å². The number of ether oxygens (including phenoxy) is 1. The fourth-order valence-corrected chi connectivity index (χ4v) is 8.62. The van der Waals surface area contributed by atoms with Crippen molar-refractivity contribution in [2.75, 3.05) is 38.7 Å². The molecule has 0 radical (unpaired) electrons. The molecule has 1 aliphatic heterocycles. The summed E-state index contributed by atoms with van der Waals surface area (Å²) in [6, 6.07) is 10.2. The molecule has 4 fully saturated rings. The standard InChI is InChI=1S/C36H43F2N7O2S/c1-21-28-15-23(36(28,2)3)16-30(21)43-35(44-13-10-39-25(19-37)20-44)41-24-6-8-27-31(17-24)42-32(33-40-11-14-48-33)45(34(27)46)12-9-22-5-7-26(47-4)18-29(22)38/h5-8,11,14,17-18,21,23,25,28,30,39H,9-10,12-13,15-16,19-20H2,1-4H3,(H,41,43)/t21-,23-,25-,28+,30-/m0/s1. The van der Waals surface area contributed by atoms with Gasteiger partial charge in [-0.1, -0.05) is 26.8 Å². The Kier molecular flexibility index (Phi) is 8.97. The highest BCUT2D eigenvalue weighted by Crippen LogP contribution is 2.61. The fraction of sp³-hybridized carbons (Fsp3) is 0.500. The summed E-state index contributed by atoms with van der Waals surface area (Å²) in [5, 5.41) is 9.73. The summed E-state index contributed by atoms with van der Waals surface area (Å²) < 4.78 is 35.3. The van der Waals surface area contributed by atoms with Gasteiger partial charge in [0, 0.05) is 49.5 Å². The molecule has 3 saturated carbocycles. The Hall–Kier alpha value is -3.90. The van der Waals surface area contributed by atoms with Crippen LogP contribution in [0.3, 0.4) is 0 Å². The number of alkyl halides is 1. The highest BCUT2D eigenvalue weighted by Gasteiger charge is 2.56. The summed E-state index contributed by atoms with van der Waals surface area (Å²) in [6.45, 7) is 8.78. The number of piperazine rings is 1. The number of anilines is 1. The van der Waals surface area contributed by atoms with Gasteiger partial charge in [0.2, 0.25) is 0 Å². The summed E-state index contributed by atoms with van der Waals surface area (Å²) in [5.74, 6) is 2.98. The van der Waals surface area contributed by atoms with Crippen molar-refractivity contribution in [1.29, 1.82) is 0 Å². The van der Waals surface area contributed by atoms with Crippen LogP contribution in [-0.4, -0.2) is 70.9 Å². The molecule has 0 amide bonds. The molecule has 0 unspecified atom stereocenters. The molecule has 2 aromatic carbocycles. The van der Waals surface area contributed by atoms with Gasteiger partial charge in [0.05, 0.1) is 30.1 Å². The van der Waals surface area contributed by atoms with Crippen LogP contribution in [0.5, 0.6) is 5.75 Å². The van der Waals surface area contributed by atoms with Crippen molar-refractivity contribution in [3.8, 4) is 16.6 Å². The first-order valence-electron chi connectivity index (χ1n) is 16.8. The minimum Gasteiger partial charge on any atom is -0.497 e. The molecule has 0 spiro atoms. The van der Waals surface area contributed by atoms with E-state index in [-0.39, 0.29) is 30.0 Å². The average Bonchev–Trinajstić information content (AvgIpc) is 3.63. The number of hydrogen-bond acceptors (Lipinski definition) is 7. The number of nitrogens with one attached hydrogen (secondary N) is 2. The van der Waals surface area contributed by atoms with Crippen LogP contribution in [-0.2, 0) is 13.0 Å². The minimum absolute atomic E-state index is 0.181. The van der Waals surface area contributed by atoms with Crippen molar-refractivity contribution >= 4 is 33.9 Å². The molecule has 9 nitrogen and oxygen atoms in total. The number of guanidine groups is 1. The SMILES string of the molecule is COc1ccc(CCn2c(-c3nccs3)nc3cc(NC(=N[C@H]4C[C@@H]5C[C@H]([C@@H]4C)C5(C)C)N4CCN[C@@H](CF)C4)ccc3c2=O)c(F)c1. The zero-order chi connectivity index (χ0) is 33.6. The van der Waals surface area contributed by atoms with Crippen molar-refractivity contribution in [1.82, 2.24) is 24.8 Å². The van der Waals surface area contributed by atoms with Crippen LogP contribution in [0.25, 0.3) is 21.7 Å². The molecule has 254 valence electrons. The normalized spacial score (nSPS) is 25.2. The lowest BCUT2D eigenvalue weighted by atomic mass is 9.45. The maximum Gasteiger partial charge on any atom is 0.261 e. The number of rotatable bonds is 8. The smallest absolute Gasteiger partial charge is 0.261 e. The molecule has 12 heteroatoms. The molecular weight excluding hydrogens is 633 g/mol. The van der Waals surface area contributed by atoms with Crippen molar-refractivity contribution in [3.63, 3.8) is 0 Å². The third-order valence-electron chi connectivity index (χ3n) is 11.0. The Labute approximate surface area is 283 Å². The third-order valence-corrected chi connectivity index (χ3v) is 11.8. The van der Waals surface area contributed by atoms with Gasteiger partial charge in [0.1, 0.15) is 18.2 Å². The van der Waals surface area contributed by atoms with Gasteiger partial charge < -0.3 is 20.3 Å². The number of nitrogens with zero attached hydrogens (tertiary/aromatic N) is 5. The van der Waals surface area contributed by atoms with Crippen molar-refractivity contribution in [2.24, 2.45) is 28.2 Å². The number of aliphatic imine (C=N–C) groups is 1. The molecule has 3 heterocycles. The van der Waals surface area contributed by atoms with Gasteiger partial charge in [-0.05, 0) is 72.3 Å². The predicted molar refractivity (Wildman–Crippen MR) is 187 cm³/mol. The first-order valence-corrected chi connectivity index (χ1v) is 17.7. The van der Waals surface area contributed by atoms with Crippen LogP contribution in [0.15, 0.2) is 57.8 Å². The van der Waals surface area contributed by atoms with Crippen molar-refractivity contribution in [2.45, 2.75) is 58.7 Å². The van der Waals surface area contributed by atoms with Gasteiger partial charge in [-0.15, -0.1) is 11.3 Å². The second-order valence-corrected chi connectivity index (χ2v) is 14.9. The Bertz CT molecular complexity index is 1880. The van der Waals surface area contributed by atoms with E-state index >= 15 is 0 Å². The van der Waals surface area contributed by atoms with Crippen LogP contribution in [0.2, 0.25) is 0 Å².